The quantitative estimate of drug-likeness (QED) is 0.789. The summed E-state index contributed by atoms with van der Waals surface area (Å²) in [5, 5.41) is 3.71. The van der Waals surface area contributed by atoms with Crippen LogP contribution >= 0.6 is 11.5 Å². The Morgan fingerprint density at radius 3 is 2.32 bits per heavy atom. The van der Waals surface area contributed by atoms with Crippen LogP contribution in [0, 0.1) is 0 Å². The first-order valence-electron chi connectivity index (χ1n) is 7.27. The molecule has 0 aliphatic carbocycles. The lowest BCUT2D eigenvalue weighted by molar-refractivity contribution is -0.00475. The van der Waals surface area contributed by atoms with E-state index >= 15 is 0 Å². The van der Waals surface area contributed by atoms with E-state index in [1.165, 1.54) is 6.20 Å². The molecule has 0 saturated carbocycles. The van der Waals surface area contributed by atoms with Gasteiger partial charge < -0.3 is 14.5 Å². The Morgan fingerprint density at radius 1 is 1.27 bits per heavy atom. The van der Waals surface area contributed by atoms with Gasteiger partial charge in [0, 0.05) is 25.2 Å². The van der Waals surface area contributed by atoms with Crippen LogP contribution in [0.2, 0.25) is 0 Å². The fourth-order valence-corrected chi connectivity index (χ4v) is 3.05. The zero-order valence-electron chi connectivity index (χ0n) is 13.6. The molecule has 8 heteroatoms. The van der Waals surface area contributed by atoms with Crippen molar-refractivity contribution in [2.75, 3.05) is 13.1 Å². The van der Waals surface area contributed by atoms with E-state index in [1.54, 1.807) is 9.80 Å². The molecular weight excluding hydrogens is 304 g/mol. The van der Waals surface area contributed by atoms with Crippen LogP contribution in [0.3, 0.4) is 0 Å². The van der Waals surface area contributed by atoms with E-state index in [9.17, 15) is 9.59 Å². The summed E-state index contributed by atoms with van der Waals surface area (Å²) in [4.78, 5) is 28.7. The molecule has 0 radical (unpaired) electrons. The van der Waals surface area contributed by atoms with Crippen LogP contribution < -0.4 is 0 Å². The fraction of sp³-hybridized carbons (Fsp3) is 0.714. The number of amides is 2. The Kier molecular flexibility index (Phi) is 4.69. The Hall–Kier alpha value is -1.70. The predicted molar refractivity (Wildman–Crippen MR) is 82.8 cm³/mol. The summed E-state index contributed by atoms with van der Waals surface area (Å²) >= 11 is 1.09. The highest BCUT2D eigenvalue weighted by Crippen LogP contribution is 2.21. The maximum atomic E-state index is 12.5. The molecular formula is C14H22N4O3S. The lowest BCUT2D eigenvalue weighted by Crippen LogP contribution is -2.60. The third-order valence-electron chi connectivity index (χ3n) is 3.38. The van der Waals surface area contributed by atoms with Gasteiger partial charge in [-0.05, 0) is 46.2 Å². The molecule has 0 spiro atoms. The minimum atomic E-state index is -0.523. The van der Waals surface area contributed by atoms with Gasteiger partial charge in [-0.15, -0.1) is 5.10 Å². The smallest absolute Gasteiger partial charge is 0.410 e. The van der Waals surface area contributed by atoms with Gasteiger partial charge in [0.25, 0.3) is 5.91 Å². The second-order valence-electron chi connectivity index (χ2n) is 6.58. The van der Waals surface area contributed by atoms with E-state index < -0.39 is 5.60 Å². The third-order valence-corrected chi connectivity index (χ3v) is 4.03. The van der Waals surface area contributed by atoms with Gasteiger partial charge in [0.2, 0.25) is 0 Å². The molecule has 22 heavy (non-hydrogen) atoms. The topological polar surface area (TPSA) is 75.6 Å². The van der Waals surface area contributed by atoms with Gasteiger partial charge >= 0.3 is 6.09 Å². The monoisotopic (exact) mass is 326 g/mol. The van der Waals surface area contributed by atoms with Gasteiger partial charge in [-0.3, -0.25) is 4.79 Å². The Morgan fingerprint density at radius 2 is 1.86 bits per heavy atom. The summed E-state index contributed by atoms with van der Waals surface area (Å²) in [7, 11) is 0. The average Bonchev–Trinajstić information content (AvgIpc) is 2.89. The highest BCUT2D eigenvalue weighted by atomic mass is 32.1. The maximum Gasteiger partial charge on any atom is 0.410 e. The van der Waals surface area contributed by atoms with E-state index in [4.69, 9.17) is 4.74 Å². The Bertz CT molecular complexity index is 529. The molecule has 122 valence electrons. The van der Waals surface area contributed by atoms with Crippen molar-refractivity contribution in [1.29, 1.82) is 0 Å². The van der Waals surface area contributed by atoms with E-state index in [-0.39, 0.29) is 24.1 Å². The van der Waals surface area contributed by atoms with Crippen LogP contribution in [0.1, 0.15) is 44.3 Å². The highest BCUT2D eigenvalue weighted by Gasteiger charge is 2.37. The summed E-state index contributed by atoms with van der Waals surface area (Å²) in [5.74, 6) is -0.0844. The number of hydrogen-bond acceptors (Lipinski definition) is 6. The summed E-state index contributed by atoms with van der Waals surface area (Å²) in [6.45, 7) is 10.3. The van der Waals surface area contributed by atoms with E-state index in [0.29, 0.717) is 18.0 Å². The van der Waals surface area contributed by atoms with Gasteiger partial charge in [0.15, 0.2) is 0 Å². The minimum Gasteiger partial charge on any atom is -0.444 e. The number of carbonyl (C=O) groups is 2. The largest absolute Gasteiger partial charge is 0.444 e. The summed E-state index contributed by atoms with van der Waals surface area (Å²) in [6, 6.07) is -0.184. The number of nitrogens with zero attached hydrogens (tertiary/aromatic N) is 4. The van der Waals surface area contributed by atoms with Crippen molar-refractivity contribution in [3.05, 3.63) is 11.1 Å². The molecule has 0 bridgehead atoms. The molecule has 0 N–H and O–H groups in total. The number of aromatic nitrogens is 2. The predicted octanol–water partition coefficient (Wildman–Crippen LogP) is 2.01. The number of ether oxygens (including phenoxy) is 1. The molecule has 1 saturated heterocycles. The van der Waals surface area contributed by atoms with Crippen LogP contribution in [-0.2, 0) is 4.74 Å². The molecule has 1 aliphatic heterocycles. The normalized spacial score (nSPS) is 22.6. The Labute approximate surface area is 134 Å². The lowest BCUT2D eigenvalue weighted by Gasteiger charge is -2.44. The fourth-order valence-electron chi connectivity index (χ4n) is 2.59. The van der Waals surface area contributed by atoms with Crippen LogP contribution in [-0.4, -0.2) is 62.2 Å². The minimum absolute atomic E-state index is 0.0844. The molecule has 2 heterocycles. The van der Waals surface area contributed by atoms with Crippen LogP contribution in [0.4, 0.5) is 4.79 Å². The van der Waals surface area contributed by atoms with Crippen LogP contribution in [0.15, 0.2) is 6.20 Å². The van der Waals surface area contributed by atoms with Crippen LogP contribution in [0.25, 0.3) is 0 Å². The molecule has 0 unspecified atom stereocenters. The van der Waals surface area contributed by atoms with Crippen molar-refractivity contribution in [2.24, 2.45) is 0 Å². The Balaban J connectivity index is 2.06. The zero-order chi connectivity index (χ0) is 16.5. The third kappa shape index (κ3) is 3.73. The molecule has 7 nitrogen and oxygen atoms in total. The number of rotatable bonds is 1. The summed E-state index contributed by atoms with van der Waals surface area (Å²) < 4.78 is 9.14. The second kappa shape index (κ2) is 6.20. The zero-order valence-corrected chi connectivity index (χ0v) is 14.4. The first-order chi connectivity index (χ1) is 10.2. The molecule has 1 aliphatic rings. The van der Waals surface area contributed by atoms with Crippen molar-refractivity contribution >= 4 is 23.5 Å². The number of hydrogen-bond donors (Lipinski definition) is 0. The van der Waals surface area contributed by atoms with Crippen molar-refractivity contribution < 1.29 is 14.3 Å². The van der Waals surface area contributed by atoms with E-state index in [1.807, 2.05) is 34.6 Å². The maximum absolute atomic E-state index is 12.5. The molecule has 1 aromatic rings. The number of carbonyl (C=O) groups excluding carboxylic acids is 2. The average molecular weight is 326 g/mol. The van der Waals surface area contributed by atoms with Crippen molar-refractivity contribution in [1.82, 2.24) is 19.4 Å². The van der Waals surface area contributed by atoms with Crippen molar-refractivity contribution in [3.63, 3.8) is 0 Å². The molecule has 0 aromatic carbocycles. The van der Waals surface area contributed by atoms with Gasteiger partial charge in [-0.1, -0.05) is 4.49 Å². The molecule has 2 atom stereocenters. The molecule has 1 fully saturated rings. The standard InChI is InChI=1S/C14H22N4O3S/c1-9-7-17(13(20)21-14(3,4)5)8-10(2)18(9)12(19)11-6-15-16-22-11/h6,9-10H,7-8H2,1-5H3/t9-,10+. The van der Waals surface area contributed by atoms with Gasteiger partial charge in [-0.25, -0.2) is 4.79 Å². The van der Waals surface area contributed by atoms with Gasteiger partial charge in [0.1, 0.15) is 10.5 Å². The molecule has 2 amide bonds. The van der Waals surface area contributed by atoms with Gasteiger partial charge in [0.05, 0.1) is 6.20 Å². The summed E-state index contributed by atoms with van der Waals surface area (Å²) in [6.07, 6.45) is 1.14. The van der Waals surface area contributed by atoms with Crippen molar-refractivity contribution in [3.8, 4) is 0 Å². The SMILES string of the molecule is C[C@@H]1CN(C(=O)OC(C)(C)C)C[C@H](C)N1C(=O)c1cnns1. The lowest BCUT2D eigenvalue weighted by atomic mass is 10.1. The first-order valence-corrected chi connectivity index (χ1v) is 8.04. The second-order valence-corrected chi connectivity index (χ2v) is 7.36. The molecule has 1 aromatic heterocycles. The number of piperazine rings is 1. The summed E-state index contributed by atoms with van der Waals surface area (Å²) in [5.41, 5.74) is -0.523. The molecule has 2 rings (SSSR count). The van der Waals surface area contributed by atoms with E-state index in [2.05, 4.69) is 9.59 Å². The first kappa shape index (κ1) is 16.7. The van der Waals surface area contributed by atoms with Crippen molar-refractivity contribution in [2.45, 2.75) is 52.3 Å². The highest BCUT2D eigenvalue weighted by molar-refractivity contribution is 7.07. The van der Waals surface area contributed by atoms with Gasteiger partial charge in [-0.2, -0.15) is 0 Å². The van der Waals surface area contributed by atoms with Crippen LogP contribution in [0.5, 0.6) is 0 Å². The van der Waals surface area contributed by atoms with E-state index in [0.717, 1.165) is 11.5 Å².